The Morgan fingerprint density at radius 1 is 1.48 bits per heavy atom. The molecule has 1 aliphatic rings. The molecule has 2 aromatic rings. The molecule has 0 spiro atoms. The van der Waals surface area contributed by atoms with Crippen molar-refractivity contribution in [1.82, 2.24) is 15.5 Å². The molecule has 2 heterocycles. The number of hydrogen-bond donors (Lipinski definition) is 2. The van der Waals surface area contributed by atoms with Crippen LogP contribution >= 0.6 is 11.3 Å². The quantitative estimate of drug-likeness (QED) is 0.770. The molecular formula is C16H23N3O3S. The summed E-state index contributed by atoms with van der Waals surface area (Å²) in [5.74, 6) is 1.28. The van der Waals surface area contributed by atoms with Gasteiger partial charge in [0.2, 0.25) is 5.89 Å². The minimum Gasteiger partial charge on any atom is -0.389 e. The van der Waals surface area contributed by atoms with Crippen LogP contribution in [0.2, 0.25) is 0 Å². The monoisotopic (exact) mass is 337 g/mol. The van der Waals surface area contributed by atoms with Crippen LogP contribution < -0.4 is 5.32 Å². The van der Waals surface area contributed by atoms with Crippen LogP contribution in [0.15, 0.2) is 22.0 Å². The Labute approximate surface area is 139 Å². The molecule has 0 bridgehead atoms. The van der Waals surface area contributed by atoms with E-state index in [9.17, 15) is 5.11 Å². The van der Waals surface area contributed by atoms with Crippen molar-refractivity contribution in [3.63, 3.8) is 0 Å². The fourth-order valence-electron chi connectivity index (χ4n) is 3.01. The predicted octanol–water partition coefficient (Wildman–Crippen LogP) is 2.38. The van der Waals surface area contributed by atoms with Gasteiger partial charge >= 0.3 is 0 Å². The van der Waals surface area contributed by atoms with Gasteiger partial charge in [-0.15, -0.1) is 11.3 Å². The van der Waals surface area contributed by atoms with Gasteiger partial charge in [-0.25, -0.2) is 0 Å². The van der Waals surface area contributed by atoms with Crippen LogP contribution in [0, 0.1) is 6.92 Å². The third kappa shape index (κ3) is 4.17. The van der Waals surface area contributed by atoms with Crippen molar-refractivity contribution >= 4 is 11.3 Å². The molecule has 0 aromatic carbocycles. The van der Waals surface area contributed by atoms with Gasteiger partial charge in [-0.05, 0) is 24.3 Å². The van der Waals surface area contributed by atoms with E-state index in [4.69, 9.17) is 9.26 Å². The first-order valence-corrected chi connectivity index (χ1v) is 8.90. The van der Waals surface area contributed by atoms with Gasteiger partial charge in [-0.3, -0.25) is 0 Å². The van der Waals surface area contributed by atoms with E-state index in [1.807, 2.05) is 17.5 Å². The first kappa shape index (κ1) is 16.6. The molecule has 3 rings (SSSR count). The lowest BCUT2D eigenvalue weighted by atomic mass is 9.96. The molecule has 23 heavy (non-hydrogen) atoms. The van der Waals surface area contributed by atoms with Crippen LogP contribution in [0.1, 0.15) is 42.3 Å². The van der Waals surface area contributed by atoms with Crippen molar-refractivity contribution in [2.45, 2.75) is 50.9 Å². The Morgan fingerprint density at radius 2 is 2.30 bits per heavy atom. The number of nitrogens with zero attached hydrogens (tertiary/aromatic N) is 2. The molecule has 1 saturated carbocycles. The van der Waals surface area contributed by atoms with Crippen molar-refractivity contribution in [2.75, 3.05) is 13.2 Å². The lowest BCUT2D eigenvalue weighted by Crippen LogP contribution is -2.45. The molecule has 2 aromatic heterocycles. The maximum atomic E-state index is 10.2. The van der Waals surface area contributed by atoms with Crippen LogP contribution in [0.25, 0.3) is 0 Å². The maximum Gasteiger partial charge on any atom is 0.223 e. The minimum atomic E-state index is -0.555. The summed E-state index contributed by atoms with van der Waals surface area (Å²) in [6.07, 6.45) is 3.64. The third-order valence-electron chi connectivity index (χ3n) is 4.22. The molecule has 7 heteroatoms. The Balaban J connectivity index is 1.49. The Kier molecular flexibility index (Phi) is 5.42. The highest BCUT2D eigenvalue weighted by Crippen LogP contribution is 2.37. The summed E-state index contributed by atoms with van der Waals surface area (Å²) in [7, 11) is 0. The lowest BCUT2D eigenvalue weighted by Gasteiger charge is -2.28. The highest BCUT2D eigenvalue weighted by molar-refractivity contribution is 7.09. The zero-order valence-corrected chi connectivity index (χ0v) is 14.1. The van der Waals surface area contributed by atoms with E-state index in [1.54, 1.807) is 18.3 Å². The Hall–Kier alpha value is -1.28. The van der Waals surface area contributed by atoms with E-state index >= 15 is 0 Å². The van der Waals surface area contributed by atoms with Gasteiger partial charge in [0.05, 0.1) is 24.9 Å². The zero-order chi connectivity index (χ0) is 16.1. The van der Waals surface area contributed by atoms with Gasteiger partial charge < -0.3 is 19.7 Å². The standard InChI is InChI=1S/C16H23N3O3S/c1-12-18-15(19-22-12)16(6-2-3-7-16)17-9-13(20)10-21-11-14-5-4-8-23-14/h4-5,8,13,17,20H,2-3,6-7,9-11H2,1H3. The van der Waals surface area contributed by atoms with E-state index < -0.39 is 6.10 Å². The summed E-state index contributed by atoms with van der Waals surface area (Å²) in [6, 6.07) is 4.03. The van der Waals surface area contributed by atoms with E-state index in [-0.39, 0.29) is 5.54 Å². The van der Waals surface area contributed by atoms with Crippen LogP contribution in [-0.4, -0.2) is 34.5 Å². The van der Waals surface area contributed by atoms with Gasteiger partial charge in [0, 0.05) is 18.3 Å². The highest BCUT2D eigenvalue weighted by Gasteiger charge is 2.39. The SMILES string of the molecule is Cc1nc(C2(NCC(O)COCc3cccs3)CCCC2)no1. The second-order valence-corrected chi connectivity index (χ2v) is 7.09. The van der Waals surface area contributed by atoms with Crippen LogP contribution in [-0.2, 0) is 16.9 Å². The van der Waals surface area contributed by atoms with Gasteiger partial charge in [0.15, 0.2) is 5.82 Å². The van der Waals surface area contributed by atoms with Crippen LogP contribution in [0.4, 0.5) is 0 Å². The minimum absolute atomic E-state index is 0.271. The largest absolute Gasteiger partial charge is 0.389 e. The molecule has 126 valence electrons. The van der Waals surface area contributed by atoms with Crippen molar-refractivity contribution < 1.29 is 14.4 Å². The number of rotatable bonds is 8. The zero-order valence-electron chi connectivity index (χ0n) is 13.3. The van der Waals surface area contributed by atoms with E-state index in [1.165, 1.54) is 4.88 Å². The molecule has 2 N–H and O–H groups in total. The van der Waals surface area contributed by atoms with E-state index in [0.29, 0.717) is 31.5 Å². The van der Waals surface area contributed by atoms with Crippen LogP contribution in [0.5, 0.6) is 0 Å². The summed E-state index contributed by atoms with van der Waals surface area (Å²) in [6.45, 7) is 3.11. The number of aliphatic hydroxyl groups excluding tert-OH is 1. The van der Waals surface area contributed by atoms with Gasteiger partial charge in [-0.1, -0.05) is 24.1 Å². The van der Waals surface area contributed by atoms with Crippen LogP contribution in [0.3, 0.4) is 0 Å². The molecule has 1 atom stereocenters. The predicted molar refractivity (Wildman–Crippen MR) is 87.2 cm³/mol. The molecule has 0 saturated heterocycles. The maximum absolute atomic E-state index is 10.2. The topological polar surface area (TPSA) is 80.4 Å². The first-order valence-electron chi connectivity index (χ1n) is 8.02. The van der Waals surface area contributed by atoms with Crippen molar-refractivity contribution in [3.8, 4) is 0 Å². The molecule has 0 radical (unpaired) electrons. The summed E-state index contributed by atoms with van der Waals surface area (Å²) in [5, 5.41) is 19.7. The van der Waals surface area contributed by atoms with E-state index in [2.05, 4.69) is 15.5 Å². The number of nitrogens with one attached hydrogen (secondary N) is 1. The number of ether oxygens (including phenoxy) is 1. The van der Waals surface area contributed by atoms with Gasteiger partial charge in [-0.2, -0.15) is 4.98 Å². The Bertz CT molecular complexity index is 593. The summed E-state index contributed by atoms with van der Waals surface area (Å²) in [4.78, 5) is 5.55. The molecule has 6 nitrogen and oxygen atoms in total. The smallest absolute Gasteiger partial charge is 0.223 e. The molecule has 1 fully saturated rings. The molecule has 0 aliphatic heterocycles. The third-order valence-corrected chi connectivity index (χ3v) is 5.07. The molecule has 1 unspecified atom stereocenters. The number of aryl methyl sites for hydroxylation is 1. The summed E-state index contributed by atoms with van der Waals surface area (Å²) < 4.78 is 10.7. The van der Waals surface area contributed by atoms with Crippen molar-refractivity contribution in [1.29, 1.82) is 0 Å². The fourth-order valence-corrected chi connectivity index (χ4v) is 3.65. The van der Waals surface area contributed by atoms with Gasteiger partial charge in [0.1, 0.15) is 0 Å². The highest BCUT2D eigenvalue weighted by atomic mass is 32.1. The molecule has 1 aliphatic carbocycles. The first-order chi connectivity index (χ1) is 11.2. The number of hydrogen-bond acceptors (Lipinski definition) is 7. The van der Waals surface area contributed by atoms with Gasteiger partial charge in [0.25, 0.3) is 0 Å². The van der Waals surface area contributed by atoms with E-state index in [0.717, 1.165) is 25.7 Å². The number of aliphatic hydroxyl groups is 1. The average Bonchev–Trinajstić information content (AvgIpc) is 3.27. The normalized spacial score (nSPS) is 18.3. The second-order valence-electron chi connectivity index (χ2n) is 6.06. The number of thiophene rings is 1. The van der Waals surface area contributed by atoms with Crippen molar-refractivity contribution in [3.05, 3.63) is 34.1 Å². The number of aromatic nitrogens is 2. The van der Waals surface area contributed by atoms with Crippen molar-refractivity contribution in [2.24, 2.45) is 0 Å². The lowest BCUT2D eigenvalue weighted by molar-refractivity contribution is 0.0252. The summed E-state index contributed by atoms with van der Waals surface area (Å²) >= 11 is 1.66. The Morgan fingerprint density at radius 3 is 2.96 bits per heavy atom. The average molecular weight is 337 g/mol. The summed E-state index contributed by atoms with van der Waals surface area (Å²) in [5.41, 5.74) is -0.271. The molecule has 0 amide bonds. The second kappa shape index (κ2) is 7.53. The molecular weight excluding hydrogens is 314 g/mol. The fraction of sp³-hybridized carbons (Fsp3) is 0.625.